The van der Waals surface area contributed by atoms with E-state index in [-0.39, 0.29) is 17.1 Å². The Balaban J connectivity index is 3.01. The molecule has 0 atom stereocenters. The van der Waals surface area contributed by atoms with Crippen LogP contribution in [0.25, 0.3) is 0 Å². The van der Waals surface area contributed by atoms with Crippen LogP contribution in [0.4, 0.5) is 13.2 Å². The van der Waals surface area contributed by atoms with E-state index in [2.05, 4.69) is 0 Å². The lowest BCUT2D eigenvalue weighted by molar-refractivity contribution is -0.137. The second-order valence-corrected chi connectivity index (χ2v) is 5.73. The molecular weight excluding hydrogens is 241 g/mol. The van der Waals surface area contributed by atoms with Gasteiger partial charge in [0.1, 0.15) is 0 Å². The third-order valence-corrected chi connectivity index (χ3v) is 3.73. The van der Waals surface area contributed by atoms with Crippen LogP contribution in [0.2, 0.25) is 0 Å². The summed E-state index contributed by atoms with van der Waals surface area (Å²) >= 11 is 0. The molecule has 0 aliphatic rings. The SMILES string of the molecule is CCS(=O)(=O)Cc1cccc(C(F)(F)F)c1. The molecule has 0 saturated heterocycles. The summed E-state index contributed by atoms with van der Waals surface area (Å²) < 4.78 is 59.5. The zero-order valence-corrected chi connectivity index (χ0v) is 9.40. The Kier molecular flexibility index (Phi) is 3.62. The van der Waals surface area contributed by atoms with E-state index in [1.54, 1.807) is 0 Å². The molecule has 0 heterocycles. The highest BCUT2D eigenvalue weighted by molar-refractivity contribution is 7.90. The zero-order chi connectivity index (χ0) is 12.4. The molecule has 6 heteroatoms. The fraction of sp³-hybridized carbons (Fsp3) is 0.400. The van der Waals surface area contributed by atoms with Gasteiger partial charge >= 0.3 is 6.18 Å². The van der Waals surface area contributed by atoms with Crippen molar-refractivity contribution in [3.8, 4) is 0 Å². The molecule has 0 aliphatic carbocycles. The van der Waals surface area contributed by atoms with Crippen LogP contribution < -0.4 is 0 Å². The highest BCUT2D eigenvalue weighted by atomic mass is 32.2. The van der Waals surface area contributed by atoms with Crippen molar-refractivity contribution in [1.29, 1.82) is 0 Å². The molecule has 0 radical (unpaired) electrons. The molecule has 0 amide bonds. The molecule has 0 bridgehead atoms. The summed E-state index contributed by atoms with van der Waals surface area (Å²) in [6.45, 7) is 1.46. The van der Waals surface area contributed by atoms with E-state index in [1.165, 1.54) is 19.1 Å². The number of benzene rings is 1. The normalized spacial score (nSPS) is 12.8. The van der Waals surface area contributed by atoms with Gasteiger partial charge in [0.05, 0.1) is 11.3 Å². The van der Waals surface area contributed by atoms with Gasteiger partial charge in [0, 0.05) is 5.75 Å². The average Bonchev–Trinajstić information content (AvgIpc) is 2.16. The highest BCUT2D eigenvalue weighted by Crippen LogP contribution is 2.29. The first-order chi connectivity index (χ1) is 7.24. The van der Waals surface area contributed by atoms with Gasteiger partial charge < -0.3 is 0 Å². The Morgan fingerprint density at radius 1 is 1.25 bits per heavy atom. The molecule has 1 aromatic carbocycles. The van der Waals surface area contributed by atoms with Crippen molar-refractivity contribution in [2.75, 3.05) is 5.75 Å². The maximum absolute atomic E-state index is 12.3. The van der Waals surface area contributed by atoms with Crippen LogP contribution in [0.3, 0.4) is 0 Å². The maximum Gasteiger partial charge on any atom is 0.416 e. The van der Waals surface area contributed by atoms with Crippen molar-refractivity contribution in [2.45, 2.75) is 18.9 Å². The van der Waals surface area contributed by atoms with Crippen molar-refractivity contribution in [3.63, 3.8) is 0 Å². The topological polar surface area (TPSA) is 34.1 Å². The largest absolute Gasteiger partial charge is 0.416 e. The molecule has 0 aliphatic heterocycles. The molecular formula is C10H11F3O2S. The van der Waals surface area contributed by atoms with Gasteiger partial charge in [0.15, 0.2) is 9.84 Å². The van der Waals surface area contributed by atoms with E-state index in [1.807, 2.05) is 0 Å². The molecule has 1 aromatic rings. The van der Waals surface area contributed by atoms with Crippen molar-refractivity contribution in [2.24, 2.45) is 0 Å². The first kappa shape index (κ1) is 13.0. The summed E-state index contributed by atoms with van der Waals surface area (Å²) in [7, 11) is -3.30. The van der Waals surface area contributed by atoms with Gasteiger partial charge in [-0.25, -0.2) is 8.42 Å². The average molecular weight is 252 g/mol. The summed E-state index contributed by atoms with van der Waals surface area (Å²) in [5, 5.41) is 0. The molecule has 0 aromatic heterocycles. The van der Waals surface area contributed by atoms with Gasteiger partial charge in [0.2, 0.25) is 0 Å². The summed E-state index contributed by atoms with van der Waals surface area (Å²) in [4.78, 5) is 0. The number of hydrogen-bond acceptors (Lipinski definition) is 2. The first-order valence-corrected chi connectivity index (χ1v) is 6.43. The second-order valence-electron chi connectivity index (χ2n) is 3.37. The maximum atomic E-state index is 12.3. The fourth-order valence-corrected chi connectivity index (χ4v) is 2.08. The van der Waals surface area contributed by atoms with Gasteiger partial charge in [-0.05, 0) is 11.6 Å². The van der Waals surface area contributed by atoms with E-state index in [4.69, 9.17) is 0 Å². The van der Waals surface area contributed by atoms with Gasteiger partial charge in [0.25, 0.3) is 0 Å². The predicted octanol–water partition coefficient (Wildman–Crippen LogP) is 2.64. The Labute approximate surface area is 92.0 Å². The summed E-state index contributed by atoms with van der Waals surface area (Å²) in [5.74, 6) is -0.434. The molecule has 0 fully saturated rings. The van der Waals surface area contributed by atoms with Crippen molar-refractivity contribution in [1.82, 2.24) is 0 Å². The molecule has 2 nitrogen and oxygen atoms in total. The monoisotopic (exact) mass is 252 g/mol. The molecule has 0 saturated carbocycles. The second kappa shape index (κ2) is 4.45. The van der Waals surface area contributed by atoms with Crippen molar-refractivity contribution in [3.05, 3.63) is 35.4 Å². The lowest BCUT2D eigenvalue weighted by Gasteiger charge is -2.08. The lowest BCUT2D eigenvalue weighted by atomic mass is 10.1. The third kappa shape index (κ3) is 3.52. The van der Waals surface area contributed by atoms with Crippen LogP contribution in [0.15, 0.2) is 24.3 Å². The third-order valence-electron chi connectivity index (χ3n) is 2.08. The number of halogens is 3. The van der Waals surface area contributed by atoms with Crippen molar-refractivity contribution >= 4 is 9.84 Å². The van der Waals surface area contributed by atoms with Crippen LogP contribution in [-0.4, -0.2) is 14.2 Å². The summed E-state index contributed by atoms with van der Waals surface area (Å²) in [5.41, 5.74) is -0.659. The standard InChI is InChI=1S/C10H11F3O2S/c1-2-16(14,15)7-8-4-3-5-9(6-8)10(11,12)13/h3-6H,2,7H2,1H3. The number of sulfone groups is 1. The Bertz CT molecular complexity index is 463. The fourth-order valence-electron chi connectivity index (χ4n) is 1.19. The number of alkyl halides is 3. The highest BCUT2D eigenvalue weighted by Gasteiger charge is 2.30. The number of hydrogen-bond donors (Lipinski definition) is 0. The minimum Gasteiger partial charge on any atom is -0.229 e. The quantitative estimate of drug-likeness (QED) is 0.828. The van der Waals surface area contributed by atoms with Crippen LogP contribution in [-0.2, 0) is 21.8 Å². The van der Waals surface area contributed by atoms with E-state index in [9.17, 15) is 21.6 Å². The van der Waals surface area contributed by atoms with Crippen LogP contribution in [0.1, 0.15) is 18.1 Å². The lowest BCUT2D eigenvalue weighted by Crippen LogP contribution is -2.09. The molecule has 0 N–H and O–H groups in total. The Hall–Kier alpha value is -1.04. The van der Waals surface area contributed by atoms with Gasteiger partial charge in [-0.1, -0.05) is 25.1 Å². The molecule has 16 heavy (non-hydrogen) atoms. The van der Waals surface area contributed by atoms with Crippen molar-refractivity contribution < 1.29 is 21.6 Å². The molecule has 0 unspecified atom stereocenters. The summed E-state index contributed by atoms with van der Waals surface area (Å²) in [6, 6.07) is 4.38. The predicted molar refractivity (Wildman–Crippen MR) is 54.6 cm³/mol. The van der Waals surface area contributed by atoms with E-state index in [0.29, 0.717) is 0 Å². The first-order valence-electron chi connectivity index (χ1n) is 4.61. The van der Waals surface area contributed by atoms with Crippen LogP contribution in [0.5, 0.6) is 0 Å². The Morgan fingerprint density at radius 3 is 2.38 bits per heavy atom. The smallest absolute Gasteiger partial charge is 0.229 e. The van der Waals surface area contributed by atoms with Gasteiger partial charge in [-0.3, -0.25) is 0 Å². The molecule has 90 valence electrons. The Morgan fingerprint density at radius 2 is 1.88 bits per heavy atom. The summed E-state index contributed by atoms with van der Waals surface area (Å²) in [6.07, 6.45) is -4.44. The molecule has 0 spiro atoms. The molecule has 1 rings (SSSR count). The van der Waals surface area contributed by atoms with E-state index in [0.717, 1.165) is 12.1 Å². The van der Waals surface area contributed by atoms with E-state index < -0.39 is 21.6 Å². The minimum atomic E-state index is -4.44. The van der Waals surface area contributed by atoms with E-state index >= 15 is 0 Å². The zero-order valence-electron chi connectivity index (χ0n) is 8.58. The van der Waals surface area contributed by atoms with Crippen LogP contribution in [0, 0.1) is 0 Å². The van der Waals surface area contributed by atoms with Gasteiger partial charge in [-0.2, -0.15) is 13.2 Å². The van der Waals surface area contributed by atoms with Gasteiger partial charge in [-0.15, -0.1) is 0 Å². The minimum absolute atomic E-state index is 0.0801. The van der Waals surface area contributed by atoms with Crippen LogP contribution >= 0.6 is 0 Å². The number of rotatable bonds is 3.